The first-order chi connectivity index (χ1) is 13.4. The number of aromatic hydroxyl groups is 1. The molecule has 0 bridgehead atoms. The lowest BCUT2D eigenvalue weighted by atomic mass is 9.96. The zero-order valence-electron chi connectivity index (χ0n) is 16.0. The molecule has 3 rings (SSSR count). The Morgan fingerprint density at radius 3 is 2.61 bits per heavy atom. The van der Waals surface area contributed by atoms with Crippen molar-refractivity contribution < 1.29 is 33.6 Å². The summed E-state index contributed by atoms with van der Waals surface area (Å²) in [6, 6.07) is 8.35. The van der Waals surface area contributed by atoms with Gasteiger partial charge in [-0.15, -0.1) is 0 Å². The summed E-state index contributed by atoms with van der Waals surface area (Å²) >= 11 is 0. The molecule has 0 atom stereocenters. The maximum Gasteiger partial charge on any atom is 0.344 e. The summed E-state index contributed by atoms with van der Waals surface area (Å²) in [6.07, 6.45) is 0. The minimum absolute atomic E-state index is 0.0944. The molecule has 28 heavy (non-hydrogen) atoms. The molecule has 0 saturated carbocycles. The van der Waals surface area contributed by atoms with Crippen molar-refractivity contribution in [3.63, 3.8) is 0 Å². The molecule has 0 spiro atoms. The third-order valence-electron chi connectivity index (χ3n) is 4.24. The van der Waals surface area contributed by atoms with Gasteiger partial charge in [0.1, 0.15) is 6.61 Å². The highest BCUT2D eigenvalue weighted by Gasteiger charge is 2.27. The van der Waals surface area contributed by atoms with Gasteiger partial charge in [0.25, 0.3) is 0 Å². The van der Waals surface area contributed by atoms with Gasteiger partial charge in [-0.2, -0.15) is 0 Å². The fourth-order valence-corrected chi connectivity index (χ4v) is 2.94. The van der Waals surface area contributed by atoms with E-state index in [9.17, 15) is 14.7 Å². The van der Waals surface area contributed by atoms with E-state index in [0.717, 1.165) is 0 Å². The van der Waals surface area contributed by atoms with Crippen molar-refractivity contribution in [2.45, 2.75) is 20.5 Å². The molecule has 148 valence electrons. The van der Waals surface area contributed by atoms with Crippen LogP contribution in [0.4, 0.5) is 0 Å². The van der Waals surface area contributed by atoms with Crippen LogP contribution < -0.4 is 9.47 Å². The highest BCUT2D eigenvalue weighted by atomic mass is 16.6. The number of fused-ring (bicyclic) bond motifs is 1. The van der Waals surface area contributed by atoms with Crippen molar-refractivity contribution >= 4 is 11.9 Å². The third-order valence-corrected chi connectivity index (χ3v) is 4.24. The van der Waals surface area contributed by atoms with Gasteiger partial charge in [0.2, 0.25) is 5.75 Å². The number of ether oxygens (including phenoxy) is 4. The summed E-state index contributed by atoms with van der Waals surface area (Å²) in [5.41, 5.74) is 2.47. The van der Waals surface area contributed by atoms with E-state index < -0.39 is 5.97 Å². The standard InChI is InChI=1S/C21H22O7/c1-12(2)9-26-18(23)11-27-19-14(7-8-17(22)20(19)25-3)13-5-4-6-15-16(13)10-28-21(15)24/h4-8,12,22H,9-11H2,1-3H3. The number of cyclic esters (lactones) is 1. The Morgan fingerprint density at radius 2 is 1.89 bits per heavy atom. The molecule has 1 heterocycles. The molecule has 0 aliphatic carbocycles. The lowest BCUT2D eigenvalue weighted by Gasteiger charge is -2.17. The molecule has 0 saturated heterocycles. The quantitative estimate of drug-likeness (QED) is 0.730. The number of hydrogen-bond acceptors (Lipinski definition) is 7. The highest BCUT2D eigenvalue weighted by molar-refractivity contribution is 5.96. The lowest BCUT2D eigenvalue weighted by Crippen LogP contribution is -2.18. The minimum Gasteiger partial charge on any atom is -0.504 e. The van der Waals surface area contributed by atoms with Gasteiger partial charge in [-0.3, -0.25) is 0 Å². The van der Waals surface area contributed by atoms with Crippen LogP contribution in [-0.4, -0.2) is 37.4 Å². The molecule has 7 heteroatoms. The average molecular weight is 386 g/mol. The Kier molecular flexibility index (Phi) is 5.73. The number of phenolic OH excluding ortho intramolecular Hbond substituents is 1. The molecular formula is C21H22O7. The van der Waals surface area contributed by atoms with Gasteiger partial charge >= 0.3 is 11.9 Å². The second kappa shape index (κ2) is 8.21. The fourth-order valence-electron chi connectivity index (χ4n) is 2.94. The van der Waals surface area contributed by atoms with E-state index in [4.69, 9.17) is 18.9 Å². The topological polar surface area (TPSA) is 91.3 Å². The van der Waals surface area contributed by atoms with E-state index in [1.54, 1.807) is 18.2 Å². The minimum atomic E-state index is -0.526. The number of benzene rings is 2. The molecule has 2 aromatic carbocycles. The van der Waals surface area contributed by atoms with Crippen LogP contribution in [0.3, 0.4) is 0 Å². The zero-order valence-corrected chi connectivity index (χ0v) is 16.0. The number of rotatable bonds is 7. The average Bonchev–Trinajstić information content (AvgIpc) is 3.06. The molecule has 0 amide bonds. The Labute approximate surface area is 162 Å². The molecule has 1 aliphatic heterocycles. The number of carbonyl (C=O) groups is 2. The summed E-state index contributed by atoms with van der Waals surface area (Å²) in [5.74, 6) is -0.547. The first-order valence-corrected chi connectivity index (χ1v) is 8.90. The van der Waals surface area contributed by atoms with E-state index in [2.05, 4.69) is 0 Å². The van der Waals surface area contributed by atoms with Crippen LogP contribution in [0.25, 0.3) is 11.1 Å². The molecule has 2 aromatic rings. The van der Waals surface area contributed by atoms with Gasteiger partial charge in [0, 0.05) is 11.1 Å². The van der Waals surface area contributed by atoms with E-state index >= 15 is 0 Å². The molecule has 0 aromatic heterocycles. The smallest absolute Gasteiger partial charge is 0.344 e. The molecule has 0 unspecified atom stereocenters. The van der Waals surface area contributed by atoms with E-state index in [1.165, 1.54) is 13.2 Å². The van der Waals surface area contributed by atoms with Crippen LogP contribution in [0.1, 0.15) is 29.8 Å². The van der Waals surface area contributed by atoms with Crippen LogP contribution in [0.2, 0.25) is 0 Å². The van der Waals surface area contributed by atoms with Crippen molar-refractivity contribution in [3.05, 3.63) is 41.5 Å². The molecule has 7 nitrogen and oxygen atoms in total. The fraction of sp³-hybridized carbons (Fsp3) is 0.333. The Morgan fingerprint density at radius 1 is 1.14 bits per heavy atom. The number of phenols is 1. The van der Waals surface area contributed by atoms with E-state index in [-0.39, 0.29) is 49.0 Å². The van der Waals surface area contributed by atoms with Gasteiger partial charge in [-0.05, 0) is 29.7 Å². The number of esters is 2. The maximum atomic E-state index is 12.0. The van der Waals surface area contributed by atoms with Gasteiger partial charge in [-0.1, -0.05) is 26.0 Å². The van der Waals surface area contributed by atoms with E-state index in [0.29, 0.717) is 22.3 Å². The number of hydrogen-bond donors (Lipinski definition) is 1. The molecule has 0 fully saturated rings. The number of carbonyl (C=O) groups excluding carboxylic acids is 2. The Balaban J connectivity index is 1.97. The molecule has 0 radical (unpaired) electrons. The van der Waals surface area contributed by atoms with Crippen LogP contribution in [0.15, 0.2) is 30.3 Å². The second-order valence-electron chi connectivity index (χ2n) is 6.77. The predicted molar refractivity (Wildman–Crippen MR) is 101 cm³/mol. The van der Waals surface area contributed by atoms with Gasteiger partial charge in [-0.25, -0.2) is 9.59 Å². The molecule has 1 N–H and O–H groups in total. The van der Waals surface area contributed by atoms with Crippen molar-refractivity contribution in [2.75, 3.05) is 20.3 Å². The lowest BCUT2D eigenvalue weighted by molar-refractivity contribution is -0.147. The van der Waals surface area contributed by atoms with Gasteiger partial charge < -0.3 is 24.1 Å². The van der Waals surface area contributed by atoms with Crippen molar-refractivity contribution in [3.8, 4) is 28.4 Å². The predicted octanol–water partition coefficient (Wildman–Crippen LogP) is 3.32. The SMILES string of the molecule is COc1c(O)ccc(-c2cccc3c2COC3=O)c1OCC(=O)OCC(C)C. The summed E-state index contributed by atoms with van der Waals surface area (Å²) in [6.45, 7) is 3.96. The van der Waals surface area contributed by atoms with Crippen molar-refractivity contribution in [1.82, 2.24) is 0 Å². The van der Waals surface area contributed by atoms with Crippen LogP contribution in [0, 0.1) is 5.92 Å². The summed E-state index contributed by atoms with van der Waals surface area (Å²) < 4.78 is 21.2. The maximum absolute atomic E-state index is 12.0. The second-order valence-corrected chi connectivity index (χ2v) is 6.77. The number of methoxy groups -OCH3 is 1. The normalized spacial score (nSPS) is 12.5. The third kappa shape index (κ3) is 3.88. The van der Waals surface area contributed by atoms with Crippen LogP contribution >= 0.6 is 0 Å². The van der Waals surface area contributed by atoms with Crippen molar-refractivity contribution in [2.24, 2.45) is 5.92 Å². The van der Waals surface area contributed by atoms with Gasteiger partial charge in [0.15, 0.2) is 18.1 Å². The van der Waals surface area contributed by atoms with Crippen LogP contribution in [0.5, 0.6) is 17.2 Å². The first kappa shape index (κ1) is 19.5. The largest absolute Gasteiger partial charge is 0.504 e. The summed E-state index contributed by atoms with van der Waals surface area (Å²) in [4.78, 5) is 23.8. The van der Waals surface area contributed by atoms with Crippen molar-refractivity contribution in [1.29, 1.82) is 0 Å². The van der Waals surface area contributed by atoms with Crippen LogP contribution in [-0.2, 0) is 20.9 Å². The van der Waals surface area contributed by atoms with E-state index in [1.807, 2.05) is 19.9 Å². The summed E-state index contributed by atoms with van der Waals surface area (Å²) in [7, 11) is 1.39. The molecule has 1 aliphatic rings. The van der Waals surface area contributed by atoms with Gasteiger partial charge in [0.05, 0.1) is 19.3 Å². The zero-order chi connectivity index (χ0) is 20.3. The summed E-state index contributed by atoms with van der Waals surface area (Å²) in [5, 5.41) is 10.1. The highest BCUT2D eigenvalue weighted by Crippen LogP contribution is 2.45. The monoisotopic (exact) mass is 386 g/mol. The molecular weight excluding hydrogens is 364 g/mol. The Hall–Kier alpha value is -3.22. The first-order valence-electron chi connectivity index (χ1n) is 8.90. The Bertz CT molecular complexity index is 902.